The van der Waals surface area contributed by atoms with Gasteiger partial charge in [-0.05, 0) is 54.2 Å². The van der Waals surface area contributed by atoms with Crippen molar-refractivity contribution < 1.29 is 19.4 Å². The normalized spacial score (nSPS) is 16.2. The molecule has 0 aliphatic carbocycles. The van der Waals surface area contributed by atoms with Gasteiger partial charge in [-0.2, -0.15) is 0 Å². The molecule has 0 spiro atoms. The largest absolute Gasteiger partial charge is 0.489 e. The fraction of sp³-hybridized carbons (Fsp3) is 0.0500. The second-order valence-electron chi connectivity index (χ2n) is 5.62. The summed E-state index contributed by atoms with van der Waals surface area (Å²) in [5, 5.41) is 12.1. The van der Waals surface area contributed by atoms with Crippen LogP contribution in [-0.4, -0.2) is 28.8 Å². The highest BCUT2D eigenvalue weighted by molar-refractivity contribution is 9.10. The van der Waals surface area contributed by atoms with E-state index in [0.717, 1.165) is 10.0 Å². The topological polar surface area (TPSA) is 88.0 Å². The number of aromatic carboxylic acids is 1. The van der Waals surface area contributed by atoms with Crippen molar-refractivity contribution in [2.45, 2.75) is 0 Å². The highest BCUT2D eigenvalue weighted by atomic mass is 79.9. The lowest BCUT2D eigenvalue weighted by molar-refractivity contribution is -0.115. The summed E-state index contributed by atoms with van der Waals surface area (Å²) >= 11 is 4.59. The van der Waals surface area contributed by atoms with Crippen LogP contribution >= 0.6 is 27.7 Å². The van der Waals surface area contributed by atoms with Crippen molar-refractivity contribution in [1.82, 2.24) is 5.32 Å². The Labute approximate surface area is 174 Å². The average Bonchev–Trinajstić information content (AvgIpc) is 3.00. The Bertz CT molecular complexity index is 1020. The molecule has 2 aromatic carbocycles. The molecule has 142 valence electrons. The maximum absolute atomic E-state index is 12.3. The lowest BCUT2D eigenvalue weighted by atomic mass is 10.2. The van der Waals surface area contributed by atoms with Crippen molar-refractivity contribution >= 4 is 56.5 Å². The van der Waals surface area contributed by atoms with E-state index in [-0.39, 0.29) is 11.5 Å². The third-order valence-corrected chi connectivity index (χ3v) is 4.99. The smallest absolute Gasteiger partial charge is 0.335 e. The quantitative estimate of drug-likeness (QED) is 0.487. The average molecular weight is 459 g/mol. The Morgan fingerprint density at radius 2 is 2.14 bits per heavy atom. The van der Waals surface area contributed by atoms with E-state index >= 15 is 0 Å². The molecule has 0 unspecified atom stereocenters. The number of carbonyl (C=O) groups is 2. The summed E-state index contributed by atoms with van der Waals surface area (Å²) in [6.45, 7) is 3.99. The molecule has 2 N–H and O–H groups in total. The van der Waals surface area contributed by atoms with Gasteiger partial charge in [0.15, 0.2) is 5.17 Å². The van der Waals surface area contributed by atoms with Gasteiger partial charge >= 0.3 is 5.97 Å². The molecule has 1 saturated heterocycles. The second-order valence-corrected chi connectivity index (χ2v) is 7.57. The Hall–Kier alpha value is -2.84. The van der Waals surface area contributed by atoms with Crippen molar-refractivity contribution in [2.75, 3.05) is 6.61 Å². The number of thioether (sulfide) groups is 1. The Morgan fingerprint density at radius 1 is 1.32 bits per heavy atom. The van der Waals surface area contributed by atoms with Crippen LogP contribution in [0.25, 0.3) is 6.08 Å². The summed E-state index contributed by atoms with van der Waals surface area (Å²) in [4.78, 5) is 28.2. The first kappa shape index (κ1) is 19.9. The number of hydrogen-bond donors (Lipinski definition) is 2. The SMILES string of the molecule is C=CCOc1ccc(Br)cc1C=C1SC(=Nc2cccc(C(=O)O)c2)NC1=O. The van der Waals surface area contributed by atoms with Crippen LogP contribution in [0, 0.1) is 0 Å². The molecule has 0 radical (unpaired) electrons. The molecule has 1 aliphatic heterocycles. The van der Waals surface area contributed by atoms with Crippen LogP contribution in [0.4, 0.5) is 5.69 Å². The lowest BCUT2D eigenvalue weighted by Gasteiger charge is -2.08. The predicted octanol–water partition coefficient (Wildman–Crippen LogP) is 4.60. The lowest BCUT2D eigenvalue weighted by Crippen LogP contribution is -2.19. The predicted molar refractivity (Wildman–Crippen MR) is 114 cm³/mol. The van der Waals surface area contributed by atoms with E-state index in [1.165, 1.54) is 23.9 Å². The Morgan fingerprint density at radius 3 is 2.89 bits per heavy atom. The van der Waals surface area contributed by atoms with Crippen LogP contribution in [0.5, 0.6) is 5.75 Å². The number of amides is 1. The van der Waals surface area contributed by atoms with Gasteiger partial charge in [0.05, 0.1) is 16.2 Å². The molecule has 0 bridgehead atoms. The third-order valence-electron chi connectivity index (χ3n) is 3.59. The number of nitrogens with one attached hydrogen (secondary N) is 1. The van der Waals surface area contributed by atoms with Gasteiger partial charge in [0.1, 0.15) is 12.4 Å². The zero-order valence-electron chi connectivity index (χ0n) is 14.5. The number of rotatable bonds is 6. The van der Waals surface area contributed by atoms with E-state index in [1.807, 2.05) is 18.2 Å². The highest BCUT2D eigenvalue weighted by Gasteiger charge is 2.24. The monoisotopic (exact) mass is 458 g/mol. The molecule has 0 aromatic heterocycles. The number of carboxylic acid groups (broad SMARTS) is 1. The number of carbonyl (C=O) groups excluding carboxylic acids is 1. The van der Waals surface area contributed by atoms with Crippen molar-refractivity contribution in [3.63, 3.8) is 0 Å². The van der Waals surface area contributed by atoms with Crippen LogP contribution in [-0.2, 0) is 4.79 Å². The number of nitrogens with zero attached hydrogens (tertiary/aromatic N) is 1. The van der Waals surface area contributed by atoms with Crippen LogP contribution < -0.4 is 10.1 Å². The van der Waals surface area contributed by atoms with E-state index in [9.17, 15) is 9.59 Å². The van der Waals surface area contributed by atoms with E-state index in [2.05, 4.69) is 32.8 Å². The van der Waals surface area contributed by atoms with Crippen LogP contribution in [0.2, 0.25) is 0 Å². The van der Waals surface area contributed by atoms with E-state index < -0.39 is 5.97 Å². The molecule has 1 heterocycles. The summed E-state index contributed by atoms with van der Waals surface area (Å²) in [6.07, 6.45) is 3.37. The summed E-state index contributed by atoms with van der Waals surface area (Å²) in [5.74, 6) is -0.691. The number of ether oxygens (including phenoxy) is 1. The van der Waals surface area contributed by atoms with Gasteiger partial charge in [0.2, 0.25) is 0 Å². The first-order valence-electron chi connectivity index (χ1n) is 8.12. The number of carboxylic acids is 1. The maximum atomic E-state index is 12.3. The van der Waals surface area contributed by atoms with Crippen molar-refractivity contribution in [1.29, 1.82) is 0 Å². The zero-order valence-corrected chi connectivity index (χ0v) is 16.9. The first-order valence-corrected chi connectivity index (χ1v) is 9.73. The van der Waals surface area contributed by atoms with E-state index in [1.54, 1.807) is 24.3 Å². The van der Waals surface area contributed by atoms with Crippen molar-refractivity contribution in [3.05, 3.63) is 75.6 Å². The van der Waals surface area contributed by atoms with Crippen LogP contribution in [0.3, 0.4) is 0 Å². The second kappa shape index (κ2) is 8.90. The minimum Gasteiger partial charge on any atom is -0.489 e. The molecular formula is C20H15BrN2O4S. The molecule has 0 saturated carbocycles. The third kappa shape index (κ3) is 4.90. The Balaban J connectivity index is 1.87. The number of aliphatic imine (C=N–C) groups is 1. The number of amidine groups is 1. The van der Waals surface area contributed by atoms with Crippen molar-refractivity contribution in [3.8, 4) is 5.75 Å². The van der Waals surface area contributed by atoms with Crippen molar-refractivity contribution in [2.24, 2.45) is 4.99 Å². The summed E-state index contributed by atoms with van der Waals surface area (Å²) < 4.78 is 6.49. The molecule has 6 nitrogen and oxygen atoms in total. The molecule has 8 heteroatoms. The molecule has 1 aliphatic rings. The van der Waals surface area contributed by atoms with Gasteiger partial charge in [0, 0.05) is 10.0 Å². The van der Waals surface area contributed by atoms with Gasteiger partial charge in [-0.1, -0.05) is 34.7 Å². The van der Waals surface area contributed by atoms with E-state index in [4.69, 9.17) is 9.84 Å². The van der Waals surface area contributed by atoms with Crippen LogP contribution in [0.15, 0.2) is 69.5 Å². The highest BCUT2D eigenvalue weighted by Crippen LogP contribution is 2.32. The molecular weight excluding hydrogens is 444 g/mol. The molecule has 3 rings (SSSR count). The molecule has 28 heavy (non-hydrogen) atoms. The fourth-order valence-corrected chi connectivity index (χ4v) is 3.57. The first-order chi connectivity index (χ1) is 13.5. The van der Waals surface area contributed by atoms with Crippen LogP contribution in [0.1, 0.15) is 15.9 Å². The summed E-state index contributed by atoms with van der Waals surface area (Å²) in [6, 6.07) is 11.7. The number of hydrogen-bond acceptors (Lipinski definition) is 5. The molecule has 0 atom stereocenters. The maximum Gasteiger partial charge on any atom is 0.335 e. The molecule has 1 fully saturated rings. The summed E-state index contributed by atoms with van der Waals surface area (Å²) in [7, 11) is 0. The summed E-state index contributed by atoms with van der Waals surface area (Å²) in [5.41, 5.74) is 1.31. The number of benzene rings is 2. The zero-order chi connectivity index (χ0) is 20.1. The minimum absolute atomic E-state index is 0.130. The van der Waals surface area contributed by atoms with Gasteiger partial charge in [-0.25, -0.2) is 9.79 Å². The van der Waals surface area contributed by atoms with Gasteiger partial charge < -0.3 is 15.2 Å². The standard InChI is InChI=1S/C20H15BrN2O4S/c1-2-8-27-16-7-6-14(21)9-13(16)11-17-18(24)23-20(28-17)22-15-5-3-4-12(10-15)19(25)26/h2-7,9-11H,1,8H2,(H,25,26)(H,22,23,24). The Kier molecular flexibility index (Phi) is 6.33. The minimum atomic E-state index is -1.03. The molecule has 2 aromatic rings. The fourth-order valence-electron chi connectivity index (χ4n) is 2.36. The van der Waals surface area contributed by atoms with Gasteiger partial charge in [-0.15, -0.1) is 0 Å². The van der Waals surface area contributed by atoms with Gasteiger partial charge in [0.25, 0.3) is 5.91 Å². The number of halogens is 1. The van der Waals surface area contributed by atoms with E-state index in [0.29, 0.717) is 28.1 Å². The molecule has 1 amide bonds. The van der Waals surface area contributed by atoms with Gasteiger partial charge in [-0.3, -0.25) is 4.79 Å².